The van der Waals surface area contributed by atoms with E-state index in [1.54, 1.807) is 6.07 Å². The van der Waals surface area contributed by atoms with Crippen molar-refractivity contribution < 1.29 is 9.50 Å². The minimum absolute atomic E-state index is 0.145. The molecule has 0 heterocycles. The first kappa shape index (κ1) is 12.8. The highest BCUT2D eigenvalue weighted by atomic mass is 35.5. The Morgan fingerprint density at radius 1 is 1.41 bits per heavy atom. The number of aliphatic hydroxyl groups excluding tert-OH is 1. The third-order valence-electron chi connectivity index (χ3n) is 3.35. The molecule has 1 N–H and O–H groups in total. The number of hydrogen-bond donors (Lipinski definition) is 1. The first-order chi connectivity index (χ1) is 8.20. The molecule has 0 bridgehead atoms. The van der Waals surface area contributed by atoms with Crippen LogP contribution in [0.2, 0.25) is 5.02 Å². The van der Waals surface area contributed by atoms with E-state index in [1.165, 1.54) is 25.3 Å². The smallest absolute Gasteiger partial charge is 0.142 e. The zero-order chi connectivity index (χ0) is 12.3. The summed E-state index contributed by atoms with van der Waals surface area (Å²) in [6, 6.07) is 5.45. The number of rotatable bonds is 5. The van der Waals surface area contributed by atoms with Gasteiger partial charge in [0, 0.05) is 19.1 Å². The van der Waals surface area contributed by atoms with Crippen LogP contribution in [0, 0.1) is 5.82 Å². The second kappa shape index (κ2) is 5.80. The summed E-state index contributed by atoms with van der Waals surface area (Å²) < 4.78 is 13.3. The van der Waals surface area contributed by atoms with Gasteiger partial charge in [0.2, 0.25) is 0 Å². The van der Waals surface area contributed by atoms with E-state index in [0.717, 1.165) is 5.56 Å². The Bertz CT molecular complexity index is 382. The molecule has 0 amide bonds. The molecule has 17 heavy (non-hydrogen) atoms. The van der Waals surface area contributed by atoms with Gasteiger partial charge in [0.25, 0.3) is 0 Å². The zero-order valence-corrected chi connectivity index (χ0v) is 10.5. The highest BCUT2D eigenvalue weighted by Crippen LogP contribution is 2.26. The molecular weight excluding hydrogens is 241 g/mol. The maximum atomic E-state index is 13.3. The van der Waals surface area contributed by atoms with Crippen LogP contribution in [0.4, 0.5) is 4.39 Å². The van der Waals surface area contributed by atoms with Crippen LogP contribution in [-0.2, 0) is 6.54 Å². The van der Waals surface area contributed by atoms with Crippen LogP contribution in [0.3, 0.4) is 0 Å². The fraction of sp³-hybridized carbons (Fsp3) is 0.538. The number of halogens is 2. The minimum Gasteiger partial charge on any atom is -0.395 e. The normalized spacial score (nSPS) is 16.2. The summed E-state index contributed by atoms with van der Waals surface area (Å²) in [4.78, 5) is 2.21. The van der Waals surface area contributed by atoms with Gasteiger partial charge in [0.15, 0.2) is 0 Å². The molecule has 2 nitrogen and oxygen atoms in total. The monoisotopic (exact) mass is 257 g/mol. The minimum atomic E-state index is -0.373. The second-order valence-corrected chi connectivity index (χ2v) is 4.93. The first-order valence-corrected chi connectivity index (χ1v) is 6.37. The fourth-order valence-corrected chi connectivity index (χ4v) is 2.26. The number of benzene rings is 1. The van der Waals surface area contributed by atoms with Crippen molar-refractivity contribution in [3.63, 3.8) is 0 Å². The molecule has 0 radical (unpaired) electrons. The summed E-state index contributed by atoms with van der Waals surface area (Å²) in [5.41, 5.74) is 0.909. The van der Waals surface area contributed by atoms with Gasteiger partial charge in [-0.25, -0.2) is 4.39 Å². The van der Waals surface area contributed by atoms with Crippen molar-refractivity contribution in [2.24, 2.45) is 0 Å². The molecule has 0 aromatic heterocycles. The number of nitrogens with zero attached hydrogens (tertiary/aromatic N) is 1. The Kier molecular flexibility index (Phi) is 4.37. The summed E-state index contributed by atoms with van der Waals surface area (Å²) in [6.07, 6.45) is 3.60. The molecule has 0 atom stereocenters. The van der Waals surface area contributed by atoms with Crippen molar-refractivity contribution in [2.75, 3.05) is 13.2 Å². The van der Waals surface area contributed by atoms with Crippen LogP contribution in [0.25, 0.3) is 0 Å². The van der Waals surface area contributed by atoms with Gasteiger partial charge in [0.1, 0.15) is 5.82 Å². The van der Waals surface area contributed by atoms with Crippen LogP contribution in [0.5, 0.6) is 0 Å². The standard InChI is InChI=1S/C13H17ClFNO/c14-12-5-4-10(8-13(12)15)9-16(6-7-17)11-2-1-3-11/h4-5,8,11,17H,1-3,6-7,9H2. The van der Waals surface area contributed by atoms with Gasteiger partial charge in [-0.1, -0.05) is 24.1 Å². The van der Waals surface area contributed by atoms with Crippen molar-refractivity contribution in [1.82, 2.24) is 4.90 Å². The second-order valence-electron chi connectivity index (χ2n) is 4.53. The average molecular weight is 258 g/mol. The Hall–Kier alpha value is -0.640. The van der Waals surface area contributed by atoms with E-state index in [0.29, 0.717) is 19.1 Å². The Balaban J connectivity index is 2.02. The SMILES string of the molecule is OCCN(Cc1ccc(Cl)c(F)c1)C1CCC1. The molecule has 1 aromatic carbocycles. The summed E-state index contributed by atoms with van der Waals surface area (Å²) in [5, 5.41) is 9.20. The highest BCUT2D eigenvalue weighted by molar-refractivity contribution is 6.30. The largest absolute Gasteiger partial charge is 0.395 e. The summed E-state index contributed by atoms with van der Waals surface area (Å²) in [5.74, 6) is -0.373. The van der Waals surface area contributed by atoms with Crippen molar-refractivity contribution in [3.8, 4) is 0 Å². The van der Waals surface area contributed by atoms with Crippen LogP contribution < -0.4 is 0 Å². The maximum absolute atomic E-state index is 13.3. The molecule has 94 valence electrons. The van der Waals surface area contributed by atoms with Gasteiger partial charge in [-0.05, 0) is 30.5 Å². The molecule has 2 rings (SSSR count). The lowest BCUT2D eigenvalue weighted by Crippen LogP contribution is -2.41. The quantitative estimate of drug-likeness (QED) is 0.877. The topological polar surface area (TPSA) is 23.5 Å². The van der Waals surface area contributed by atoms with Crippen LogP contribution >= 0.6 is 11.6 Å². The van der Waals surface area contributed by atoms with E-state index >= 15 is 0 Å². The van der Waals surface area contributed by atoms with Gasteiger partial charge < -0.3 is 5.11 Å². The van der Waals surface area contributed by atoms with Crippen molar-refractivity contribution in [2.45, 2.75) is 31.8 Å². The Morgan fingerprint density at radius 3 is 2.71 bits per heavy atom. The van der Waals surface area contributed by atoms with Gasteiger partial charge in [-0.15, -0.1) is 0 Å². The molecular formula is C13H17ClFNO. The third-order valence-corrected chi connectivity index (χ3v) is 3.65. The van der Waals surface area contributed by atoms with E-state index in [9.17, 15) is 4.39 Å². The lowest BCUT2D eigenvalue weighted by Gasteiger charge is -2.37. The summed E-state index contributed by atoms with van der Waals surface area (Å²) in [6.45, 7) is 1.47. The Labute approximate surface area is 106 Å². The van der Waals surface area contributed by atoms with E-state index in [4.69, 9.17) is 16.7 Å². The molecule has 1 saturated carbocycles. The molecule has 0 aliphatic heterocycles. The van der Waals surface area contributed by atoms with Crippen LogP contribution in [0.1, 0.15) is 24.8 Å². The predicted octanol–water partition coefficient (Wildman–Crippen LogP) is 2.83. The lowest BCUT2D eigenvalue weighted by atomic mass is 9.91. The van der Waals surface area contributed by atoms with E-state index < -0.39 is 0 Å². The van der Waals surface area contributed by atoms with E-state index in [-0.39, 0.29) is 17.4 Å². The van der Waals surface area contributed by atoms with E-state index in [2.05, 4.69) is 4.90 Å². The molecule has 0 spiro atoms. The molecule has 0 unspecified atom stereocenters. The summed E-state index contributed by atoms with van der Waals surface area (Å²) >= 11 is 5.65. The molecule has 1 fully saturated rings. The number of hydrogen-bond acceptors (Lipinski definition) is 2. The fourth-order valence-electron chi connectivity index (χ4n) is 2.14. The highest BCUT2D eigenvalue weighted by Gasteiger charge is 2.24. The molecule has 0 saturated heterocycles. The van der Waals surface area contributed by atoms with E-state index in [1.807, 2.05) is 6.07 Å². The van der Waals surface area contributed by atoms with Gasteiger partial charge >= 0.3 is 0 Å². The van der Waals surface area contributed by atoms with Crippen molar-refractivity contribution in [1.29, 1.82) is 0 Å². The maximum Gasteiger partial charge on any atom is 0.142 e. The molecule has 4 heteroatoms. The molecule has 1 aromatic rings. The number of aliphatic hydroxyl groups is 1. The molecule has 1 aliphatic rings. The zero-order valence-electron chi connectivity index (χ0n) is 9.70. The first-order valence-electron chi connectivity index (χ1n) is 5.99. The predicted molar refractivity (Wildman–Crippen MR) is 66.5 cm³/mol. The summed E-state index contributed by atoms with van der Waals surface area (Å²) in [7, 11) is 0. The van der Waals surface area contributed by atoms with Crippen LogP contribution in [-0.4, -0.2) is 29.2 Å². The average Bonchev–Trinajstić information content (AvgIpc) is 2.21. The van der Waals surface area contributed by atoms with Gasteiger partial charge in [-0.3, -0.25) is 4.90 Å². The Morgan fingerprint density at radius 2 is 2.18 bits per heavy atom. The van der Waals surface area contributed by atoms with Gasteiger partial charge in [0.05, 0.1) is 11.6 Å². The van der Waals surface area contributed by atoms with Crippen molar-refractivity contribution >= 4 is 11.6 Å². The van der Waals surface area contributed by atoms with Gasteiger partial charge in [-0.2, -0.15) is 0 Å². The van der Waals surface area contributed by atoms with Crippen molar-refractivity contribution in [3.05, 3.63) is 34.6 Å². The third kappa shape index (κ3) is 3.18. The molecule has 1 aliphatic carbocycles. The lowest BCUT2D eigenvalue weighted by molar-refractivity contribution is 0.0945. The van der Waals surface area contributed by atoms with Crippen LogP contribution in [0.15, 0.2) is 18.2 Å².